The molecule has 138 valence electrons. The Balaban J connectivity index is 1.87. The van der Waals surface area contributed by atoms with Crippen molar-refractivity contribution in [1.82, 2.24) is 5.32 Å². The fourth-order valence-corrected chi connectivity index (χ4v) is 4.06. The van der Waals surface area contributed by atoms with Gasteiger partial charge in [-0.05, 0) is 31.5 Å². The Morgan fingerprint density at radius 2 is 2.04 bits per heavy atom. The average molecular weight is 370 g/mol. The summed E-state index contributed by atoms with van der Waals surface area (Å²) >= 11 is 0. The zero-order valence-electron chi connectivity index (χ0n) is 14.4. The lowest BCUT2D eigenvalue weighted by Crippen LogP contribution is -2.41. The predicted octanol–water partition coefficient (Wildman–Crippen LogP) is 0.746. The van der Waals surface area contributed by atoms with Gasteiger partial charge in [0.05, 0.1) is 31.9 Å². The number of nitrogens with one attached hydrogen (secondary N) is 1. The summed E-state index contributed by atoms with van der Waals surface area (Å²) in [5, 5.41) is 6.46. The molecule has 1 N–H and O–H groups in total. The Morgan fingerprint density at radius 3 is 2.64 bits per heavy atom. The second-order valence-corrected chi connectivity index (χ2v) is 7.93. The Morgan fingerprint density at radius 1 is 1.32 bits per heavy atom. The van der Waals surface area contributed by atoms with Crippen LogP contribution in [0.3, 0.4) is 0 Å². The van der Waals surface area contributed by atoms with E-state index in [4.69, 9.17) is 14.3 Å². The minimum Gasteiger partial charge on any atom is -0.493 e. The Hall–Kier alpha value is -2.29. The zero-order chi connectivity index (χ0) is 18.4. The van der Waals surface area contributed by atoms with Crippen molar-refractivity contribution in [3.8, 4) is 11.5 Å². The highest BCUT2D eigenvalue weighted by molar-refractivity contribution is 7.91. The first-order valence-corrected chi connectivity index (χ1v) is 9.59. The third-order valence-corrected chi connectivity index (χ3v) is 5.54. The highest BCUT2D eigenvalue weighted by atomic mass is 32.2. The van der Waals surface area contributed by atoms with E-state index in [2.05, 4.69) is 10.5 Å². The summed E-state index contributed by atoms with van der Waals surface area (Å²) in [6.07, 6.45) is 1.04. The maximum absolute atomic E-state index is 12.0. The standard InChI is InChI=1S/C16H22N2O6S/c1-11(16(19)18-13-6-7-25(20,21)10-13)24-17-9-12-4-5-14(22-2)15(8-12)23-3/h4-5,8-9,11,13H,6-7,10H2,1-3H3,(H,18,19)/b17-9+. The van der Waals surface area contributed by atoms with E-state index in [1.165, 1.54) is 13.3 Å². The zero-order valence-corrected chi connectivity index (χ0v) is 15.2. The van der Waals surface area contributed by atoms with E-state index in [1.54, 1.807) is 32.2 Å². The number of methoxy groups -OCH3 is 2. The number of oxime groups is 1. The summed E-state index contributed by atoms with van der Waals surface area (Å²) in [5.74, 6) is 0.830. The molecule has 1 amide bonds. The van der Waals surface area contributed by atoms with E-state index >= 15 is 0 Å². The SMILES string of the molecule is COc1ccc(/C=N/OC(C)C(=O)NC2CCS(=O)(=O)C2)cc1OC. The summed E-state index contributed by atoms with van der Waals surface area (Å²) in [5.41, 5.74) is 0.715. The lowest BCUT2D eigenvalue weighted by Gasteiger charge is -2.14. The Labute approximate surface area is 147 Å². The van der Waals surface area contributed by atoms with Crippen molar-refractivity contribution in [2.24, 2.45) is 5.16 Å². The Kier molecular flexibility index (Phi) is 6.24. The van der Waals surface area contributed by atoms with E-state index < -0.39 is 21.8 Å². The molecule has 1 aliphatic heterocycles. The first-order valence-electron chi connectivity index (χ1n) is 7.76. The van der Waals surface area contributed by atoms with Crippen LogP contribution < -0.4 is 14.8 Å². The fourth-order valence-electron chi connectivity index (χ4n) is 2.39. The van der Waals surface area contributed by atoms with Crippen molar-refractivity contribution in [3.05, 3.63) is 23.8 Å². The quantitative estimate of drug-likeness (QED) is 0.561. The lowest BCUT2D eigenvalue weighted by atomic mass is 10.2. The van der Waals surface area contributed by atoms with E-state index in [1.807, 2.05) is 0 Å². The summed E-state index contributed by atoms with van der Waals surface area (Å²) in [4.78, 5) is 17.1. The molecule has 0 aliphatic carbocycles. The van der Waals surface area contributed by atoms with Crippen LogP contribution >= 0.6 is 0 Å². The number of ether oxygens (including phenoxy) is 2. The van der Waals surface area contributed by atoms with Gasteiger partial charge >= 0.3 is 0 Å². The number of rotatable bonds is 7. The van der Waals surface area contributed by atoms with Crippen LogP contribution in [0.15, 0.2) is 23.4 Å². The van der Waals surface area contributed by atoms with Crippen molar-refractivity contribution in [1.29, 1.82) is 0 Å². The lowest BCUT2D eigenvalue weighted by molar-refractivity contribution is -0.132. The molecule has 0 saturated carbocycles. The molecule has 9 heteroatoms. The van der Waals surface area contributed by atoms with Gasteiger partial charge in [-0.2, -0.15) is 0 Å². The first kappa shape index (κ1) is 19.0. The molecular weight excluding hydrogens is 348 g/mol. The number of benzene rings is 1. The largest absolute Gasteiger partial charge is 0.493 e. The van der Waals surface area contributed by atoms with E-state index in [9.17, 15) is 13.2 Å². The number of hydrogen-bond acceptors (Lipinski definition) is 7. The molecule has 8 nitrogen and oxygen atoms in total. The van der Waals surface area contributed by atoms with Crippen LogP contribution in [0.4, 0.5) is 0 Å². The van der Waals surface area contributed by atoms with Crippen molar-refractivity contribution in [3.63, 3.8) is 0 Å². The summed E-state index contributed by atoms with van der Waals surface area (Å²) in [7, 11) is 0.0395. The molecule has 1 aliphatic rings. The molecule has 1 heterocycles. The van der Waals surface area contributed by atoms with Gasteiger partial charge in [0, 0.05) is 11.6 Å². The smallest absolute Gasteiger partial charge is 0.263 e. The van der Waals surface area contributed by atoms with E-state index in [-0.39, 0.29) is 17.5 Å². The minimum absolute atomic E-state index is 0.0274. The van der Waals surface area contributed by atoms with Crippen molar-refractivity contribution in [2.45, 2.75) is 25.5 Å². The Bertz CT molecular complexity index is 747. The van der Waals surface area contributed by atoms with Gasteiger partial charge in [-0.15, -0.1) is 0 Å². The maximum atomic E-state index is 12.0. The van der Waals surface area contributed by atoms with E-state index in [0.29, 0.717) is 23.5 Å². The van der Waals surface area contributed by atoms with Crippen LogP contribution in [0, 0.1) is 0 Å². The molecule has 1 fully saturated rings. The highest BCUT2D eigenvalue weighted by Crippen LogP contribution is 2.26. The first-order chi connectivity index (χ1) is 11.8. The molecule has 2 atom stereocenters. The monoisotopic (exact) mass is 370 g/mol. The number of hydrogen-bond donors (Lipinski definition) is 1. The molecule has 2 unspecified atom stereocenters. The van der Waals surface area contributed by atoms with E-state index in [0.717, 1.165) is 0 Å². The van der Waals surface area contributed by atoms with Gasteiger partial charge in [0.25, 0.3) is 5.91 Å². The van der Waals surface area contributed by atoms with Crippen LogP contribution in [0.2, 0.25) is 0 Å². The number of carbonyl (C=O) groups excluding carboxylic acids is 1. The molecular formula is C16H22N2O6S. The number of sulfone groups is 1. The average Bonchev–Trinajstić information content (AvgIpc) is 2.92. The molecule has 25 heavy (non-hydrogen) atoms. The van der Waals surface area contributed by atoms with Gasteiger partial charge in [-0.1, -0.05) is 5.16 Å². The van der Waals surface area contributed by atoms with Gasteiger partial charge < -0.3 is 19.6 Å². The summed E-state index contributed by atoms with van der Waals surface area (Å²) in [6.45, 7) is 1.55. The highest BCUT2D eigenvalue weighted by Gasteiger charge is 2.30. The topological polar surface area (TPSA) is 103 Å². The van der Waals surface area contributed by atoms with Gasteiger partial charge in [-0.25, -0.2) is 8.42 Å². The van der Waals surface area contributed by atoms with Crippen molar-refractivity contribution < 1.29 is 27.5 Å². The predicted molar refractivity (Wildman–Crippen MR) is 92.9 cm³/mol. The van der Waals surface area contributed by atoms with Crippen LogP contribution in [0.1, 0.15) is 18.9 Å². The normalized spacial score (nSPS) is 20.2. The van der Waals surface area contributed by atoms with Crippen molar-refractivity contribution >= 4 is 22.0 Å². The number of nitrogens with zero attached hydrogens (tertiary/aromatic N) is 1. The second kappa shape index (κ2) is 8.19. The molecule has 0 radical (unpaired) electrons. The molecule has 0 bridgehead atoms. The van der Waals surface area contributed by atoms with Gasteiger partial charge in [0.1, 0.15) is 0 Å². The molecule has 2 rings (SSSR count). The third-order valence-electron chi connectivity index (χ3n) is 3.78. The molecule has 1 aromatic carbocycles. The molecule has 0 spiro atoms. The number of carbonyl (C=O) groups is 1. The van der Waals surface area contributed by atoms with Crippen LogP contribution in [0.25, 0.3) is 0 Å². The second-order valence-electron chi connectivity index (χ2n) is 5.71. The maximum Gasteiger partial charge on any atom is 0.263 e. The van der Waals surface area contributed by atoms with Crippen LogP contribution in [-0.4, -0.2) is 58.4 Å². The van der Waals surface area contributed by atoms with Crippen LogP contribution in [-0.2, 0) is 19.5 Å². The van der Waals surface area contributed by atoms with Crippen LogP contribution in [0.5, 0.6) is 11.5 Å². The van der Waals surface area contributed by atoms with Gasteiger partial charge in [0.2, 0.25) is 6.10 Å². The molecule has 1 aromatic rings. The van der Waals surface area contributed by atoms with Gasteiger partial charge in [-0.3, -0.25) is 4.79 Å². The minimum atomic E-state index is -3.04. The fraction of sp³-hybridized carbons (Fsp3) is 0.500. The summed E-state index contributed by atoms with van der Waals surface area (Å²) < 4.78 is 33.1. The van der Waals surface area contributed by atoms with Crippen molar-refractivity contribution in [2.75, 3.05) is 25.7 Å². The molecule has 0 aromatic heterocycles. The summed E-state index contributed by atoms with van der Waals surface area (Å²) in [6, 6.07) is 4.86. The van der Waals surface area contributed by atoms with Gasteiger partial charge in [0.15, 0.2) is 21.3 Å². The molecule has 1 saturated heterocycles. The third kappa shape index (κ3) is 5.35. The number of amides is 1.